The Kier molecular flexibility index (Phi) is 3.89. The van der Waals surface area contributed by atoms with Crippen LogP contribution in [-0.4, -0.2) is 31.3 Å². The molecule has 8 nitrogen and oxygen atoms in total. The molecule has 1 atom stereocenters. The fraction of sp³-hybridized carbons (Fsp3) is 0.500. The van der Waals surface area contributed by atoms with Gasteiger partial charge in [0.1, 0.15) is 6.10 Å². The first-order valence-corrected chi connectivity index (χ1v) is 8.29. The van der Waals surface area contributed by atoms with Crippen molar-refractivity contribution >= 4 is 5.65 Å². The van der Waals surface area contributed by atoms with Crippen molar-refractivity contribution in [1.82, 2.24) is 24.7 Å². The lowest BCUT2D eigenvalue weighted by Crippen LogP contribution is -2.15. The third-order valence-corrected chi connectivity index (χ3v) is 4.54. The van der Waals surface area contributed by atoms with Crippen molar-refractivity contribution in [3.05, 3.63) is 34.6 Å². The van der Waals surface area contributed by atoms with Gasteiger partial charge in [-0.3, -0.25) is 0 Å². The molecule has 0 radical (unpaired) electrons. The minimum atomic E-state index is -0.301. The molecule has 3 aromatic rings. The molecule has 0 amide bonds. The lowest BCUT2D eigenvalue weighted by atomic mass is 10.0. The van der Waals surface area contributed by atoms with Gasteiger partial charge in [-0.15, -0.1) is 0 Å². The zero-order valence-electron chi connectivity index (χ0n) is 13.4. The first kappa shape index (κ1) is 15.1. The van der Waals surface area contributed by atoms with Gasteiger partial charge in [-0.05, 0) is 37.8 Å². The standard InChI is InChI=1S/C16H19N5O3/c1-2-23-12(10-6-3-4-7-10)13-17-15(24-20-13)11-8-5-9-21-14(11)18-19-16(21)22/h5,8-10,12H,2-4,6-7H2,1H3,(H,19,22). The van der Waals surface area contributed by atoms with Crippen LogP contribution in [-0.2, 0) is 4.74 Å². The molecule has 1 aliphatic rings. The van der Waals surface area contributed by atoms with E-state index in [9.17, 15) is 4.79 Å². The Hall–Kier alpha value is -2.48. The highest BCUT2D eigenvalue weighted by molar-refractivity contribution is 5.70. The van der Waals surface area contributed by atoms with E-state index in [0.29, 0.717) is 35.5 Å². The van der Waals surface area contributed by atoms with Crippen LogP contribution >= 0.6 is 0 Å². The Bertz CT molecular complexity index is 890. The zero-order chi connectivity index (χ0) is 16.5. The van der Waals surface area contributed by atoms with Crippen molar-refractivity contribution in [2.24, 2.45) is 5.92 Å². The molecule has 1 aliphatic carbocycles. The maximum atomic E-state index is 11.7. The van der Waals surface area contributed by atoms with Gasteiger partial charge >= 0.3 is 5.69 Å². The number of nitrogens with one attached hydrogen (secondary N) is 1. The van der Waals surface area contributed by atoms with Crippen LogP contribution in [0.2, 0.25) is 0 Å². The lowest BCUT2D eigenvalue weighted by molar-refractivity contribution is 0.0127. The third-order valence-electron chi connectivity index (χ3n) is 4.54. The zero-order valence-corrected chi connectivity index (χ0v) is 13.4. The molecular weight excluding hydrogens is 310 g/mol. The smallest absolute Gasteiger partial charge is 0.347 e. The number of hydrogen-bond acceptors (Lipinski definition) is 6. The molecule has 0 aromatic carbocycles. The monoisotopic (exact) mass is 329 g/mol. The van der Waals surface area contributed by atoms with E-state index >= 15 is 0 Å². The molecule has 1 unspecified atom stereocenters. The van der Waals surface area contributed by atoms with Gasteiger partial charge in [-0.25, -0.2) is 14.3 Å². The predicted octanol–water partition coefficient (Wildman–Crippen LogP) is 2.34. The molecule has 8 heteroatoms. The van der Waals surface area contributed by atoms with Gasteiger partial charge in [0.2, 0.25) is 5.82 Å². The van der Waals surface area contributed by atoms with E-state index in [4.69, 9.17) is 9.26 Å². The summed E-state index contributed by atoms with van der Waals surface area (Å²) in [6.07, 6.45) is 6.18. The van der Waals surface area contributed by atoms with Gasteiger partial charge in [0.05, 0.1) is 5.56 Å². The van der Waals surface area contributed by atoms with E-state index in [1.807, 2.05) is 6.92 Å². The van der Waals surface area contributed by atoms with Crippen molar-refractivity contribution in [3.8, 4) is 11.5 Å². The highest BCUT2D eigenvalue weighted by Gasteiger charge is 2.31. The molecule has 0 spiro atoms. The molecule has 0 bridgehead atoms. The summed E-state index contributed by atoms with van der Waals surface area (Å²) in [6, 6.07) is 3.55. The SMILES string of the molecule is CCOC(c1noc(-c2cccn3c(=O)[nH]nc23)n1)C1CCCC1. The van der Waals surface area contributed by atoms with Crippen LogP contribution in [0, 0.1) is 5.92 Å². The fourth-order valence-corrected chi connectivity index (χ4v) is 3.42. The van der Waals surface area contributed by atoms with Crippen molar-refractivity contribution in [2.45, 2.75) is 38.7 Å². The number of ether oxygens (including phenoxy) is 1. The van der Waals surface area contributed by atoms with Crippen LogP contribution in [0.5, 0.6) is 0 Å². The van der Waals surface area contributed by atoms with E-state index in [1.54, 1.807) is 18.3 Å². The second-order valence-electron chi connectivity index (χ2n) is 6.02. The summed E-state index contributed by atoms with van der Waals surface area (Å²) < 4.78 is 12.7. The summed E-state index contributed by atoms with van der Waals surface area (Å²) in [4.78, 5) is 16.2. The Morgan fingerprint density at radius 1 is 1.46 bits per heavy atom. The van der Waals surface area contributed by atoms with E-state index in [2.05, 4.69) is 20.3 Å². The van der Waals surface area contributed by atoms with Crippen LogP contribution in [0.1, 0.15) is 44.5 Å². The third kappa shape index (κ3) is 2.52. The Labute approximate surface area is 137 Å². The van der Waals surface area contributed by atoms with E-state index < -0.39 is 0 Å². The van der Waals surface area contributed by atoms with Gasteiger partial charge in [0.15, 0.2) is 5.65 Å². The molecule has 3 heterocycles. The number of rotatable bonds is 5. The summed E-state index contributed by atoms with van der Waals surface area (Å²) in [6.45, 7) is 2.58. The minimum absolute atomic E-state index is 0.142. The van der Waals surface area contributed by atoms with Crippen LogP contribution in [0.25, 0.3) is 17.1 Å². The predicted molar refractivity (Wildman–Crippen MR) is 85.4 cm³/mol. The first-order valence-electron chi connectivity index (χ1n) is 8.29. The molecule has 3 aromatic heterocycles. The van der Waals surface area contributed by atoms with Crippen molar-refractivity contribution < 1.29 is 9.26 Å². The number of hydrogen-bond donors (Lipinski definition) is 1. The second-order valence-corrected chi connectivity index (χ2v) is 6.02. The normalized spacial score (nSPS) is 16.9. The Morgan fingerprint density at radius 3 is 3.08 bits per heavy atom. The Balaban J connectivity index is 1.71. The van der Waals surface area contributed by atoms with Crippen LogP contribution < -0.4 is 5.69 Å². The largest absolute Gasteiger partial charge is 0.370 e. The van der Waals surface area contributed by atoms with Crippen molar-refractivity contribution in [1.29, 1.82) is 0 Å². The second kappa shape index (κ2) is 6.20. The summed E-state index contributed by atoms with van der Waals surface area (Å²) >= 11 is 0. The molecule has 126 valence electrons. The number of aromatic nitrogens is 5. The summed E-state index contributed by atoms with van der Waals surface area (Å²) in [7, 11) is 0. The summed E-state index contributed by atoms with van der Waals surface area (Å²) in [5, 5.41) is 10.6. The molecule has 0 aliphatic heterocycles. The number of pyridine rings is 1. The lowest BCUT2D eigenvalue weighted by Gasteiger charge is -2.19. The maximum Gasteiger partial charge on any atom is 0.347 e. The highest BCUT2D eigenvalue weighted by atomic mass is 16.5. The molecule has 24 heavy (non-hydrogen) atoms. The van der Waals surface area contributed by atoms with Gasteiger partial charge in [0, 0.05) is 12.8 Å². The molecule has 4 rings (SSSR count). The summed E-state index contributed by atoms with van der Waals surface area (Å²) in [5.74, 6) is 1.34. The van der Waals surface area contributed by atoms with Crippen LogP contribution in [0.4, 0.5) is 0 Å². The quantitative estimate of drug-likeness (QED) is 0.771. The van der Waals surface area contributed by atoms with Gasteiger partial charge < -0.3 is 9.26 Å². The van der Waals surface area contributed by atoms with Crippen LogP contribution in [0.3, 0.4) is 0 Å². The Morgan fingerprint density at radius 2 is 2.29 bits per heavy atom. The number of H-pyrrole nitrogens is 1. The van der Waals surface area contributed by atoms with Crippen LogP contribution in [0.15, 0.2) is 27.6 Å². The average Bonchev–Trinajstić information content (AvgIpc) is 3.34. The maximum absolute atomic E-state index is 11.7. The number of fused-ring (bicyclic) bond motifs is 1. The van der Waals surface area contributed by atoms with Gasteiger partial charge in [-0.2, -0.15) is 10.1 Å². The topological polar surface area (TPSA) is 98.3 Å². The van der Waals surface area contributed by atoms with E-state index in [-0.39, 0.29) is 11.8 Å². The van der Waals surface area contributed by atoms with Crippen molar-refractivity contribution in [3.63, 3.8) is 0 Å². The average molecular weight is 329 g/mol. The minimum Gasteiger partial charge on any atom is -0.370 e. The molecule has 1 saturated carbocycles. The number of nitrogens with zero attached hydrogens (tertiary/aromatic N) is 4. The van der Waals surface area contributed by atoms with Gasteiger partial charge in [0.25, 0.3) is 5.89 Å². The molecule has 0 saturated heterocycles. The highest BCUT2D eigenvalue weighted by Crippen LogP contribution is 2.37. The van der Waals surface area contributed by atoms with E-state index in [0.717, 1.165) is 12.8 Å². The molecular formula is C16H19N5O3. The van der Waals surface area contributed by atoms with Crippen molar-refractivity contribution in [2.75, 3.05) is 6.61 Å². The van der Waals surface area contributed by atoms with E-state index in [1.165, 1.54) is 17.2 Å². The summed E-state index contributed by atoms with van der Waals surface area (Å²) in [5.41, 5.74) is 0.785. The fourth-order valence-electron chi connectivity index (χ4n) is 3.42. The molecule has 1 fully saturated rings. The first-order chi connectivity index (χ1) is 11.8. The van der Waals surface area contributed by atoms with Gasteiger partial charge in [-0.1, -0.05) is 18.0 Å². The molecule has 1 N–H and O–H groups in total. The number of aromatic amines is 1.